The fourth-order valence-corrected chi connectivity index (χ4v) is 1.77. The van der Waals surface area contributed by atoms with Crippen LogP contribution in [0.2, 0.25) is 0 Å². The largest absolute Gasteiger partial charge is 0.478 e. The molecule has 0 unspecified atom stereocenters. The lowest BCUT2D eigenvalue weighted by molar-refractivity contribution is 0.0691. The van der Waals surface area contributed by atoms with Gasteiger partial charge in [-0.15, -0.1) is 0 Å². The molecule has 120 valence electrons. The lowest BCUT2D eigenvalue weighted by atomic mass is 10.1. The predicted molar refractivity (Wildman–Crippen MR) is 73.5 cm³/mol. The van der Waals surface area contributed by atoms with Crippen molar-refractivity contribution in [2.75, 3.05) is 5.32 Å². The van der Waals surface area contributed by atoms with Gasteiger partial charge in [0.15, 0.2) is 17.5 Å². The van der Waals surface area contributed by atoms with Crippen LogP contribution in [-0.4, -0.2) is 17.2 Å². The zero-order chi connectivity index (χ0) is 17.0. The summed E-state index contributed by atoms with van der Waals surface area (Å²) in [7, 11) is 0. The van der Waals surface area contributed by atoms with Crippen molar-refractivity contribution in [1.29, 1.82) is 0 Å². The number of carbonyl (C=O) groups is 2. The number of aromatic carboxylic acids is 1. The summed E-state index contributed by atoms with van der Waals surface area (Å²) in [6.45, 7) is -0.138. The fourth-order valence-electron chi connectivity index (χ4n) is 1.77. The van der Waals surface area contributed by atoms with Crippen LogP contribution in [0, 0.1) is 17.5 Å². The summed E-state index contributed by atoms with van der Waals surface area (Å²) in [6, 6.07) is 8.90. The molecule has 0 heterocycles. The van der Waals surface area contributed by atoms with Crippen molar-refractivity contribution in [3.05, 3.63) is 65.0 Å². The van der Waals surface area contributed by atoms with Gasteiger partial charge in [-0.2, -0.15) is 0 Å². The van der Waals surface area contributed by atoms with Crippen molar-refractivity contribution < 1.29 is 32.6 Å². The second-order valence-corrected chi connectivity index (χ2v) is 4.40. The molecule has 5 nitrogen and oxygen atoms in total. The van der Waals surface area contributed by atoms with Crippen LogP contribution in [0.1, 0.15) is 15.9 Å². The van der Waals surface area contributed by atoms with Gasteiger partial charge in [-0.3, -0.25) is 5.32 Å². The van der Waals surface area contributed by atoms with E-state index in [1.165, 1.54) is 0 Å². The van der Waals surface area contributed by atoms with Gasteiger partial charge in [0.1, 0.15) is 12.2 Å². The first-order valence-electron chi connectivity index (χ1n) is 6.28. The molecular formula is C15H10F3NO4. The topological polar surface area (TPSA) is 75.6 Å². The molecule has 8 heteroatoms. The highest BCUT2D eigenvalue weighted by atomic mass is 19.2. The molecule has 0 bridgehead atoms. The third-order valence-electron chi connectivity index (χ3n) is 2.83. The molecular weight excluding hydrogens is 315 g/mol. The van der Waals surface area contributed by atoms with E-state index in [-0.39, 0.29) is 6.61 Å². The number of ether oxygens (including phenoxy) is 1. The zero-order valence-electron chi connectivity index (χ0n) is 11.5. The standard InChI is InChI=1S/C15H10F3NO4/c16-9-6-10(11(14(20)21)13(18)12(9)17)19-15(22)23-7-8-4-2-1-3-5-8/h1-6H,7H2,(H,19,22)(H,20,21). The Balaban J connectivity index is 2.16. The predicted octanol–water partition coefficient (Wildman–Crippen LogP) is 3.55. The molecule has 0 saturated carbocycles. The minimum atomic E-state index is -1.94. The summed E-state index contributed by atoms with van der Waals surface area (Å²) in [4.78, 5) is 22.5. The van der Waals surface area contributed by atoms with E-state index in [2.05, 4.69) is 0 Å². The average Bonchev–Trinajstić information content (AvgIpc) is 2.51. The second kappa shape index (κ2) is 6.82. The van der Waals surface area contributed by atoms with Gasteiger partial charge in [0.05, 0.1) is 5.69 Å². The molecule has 0 aliphatic heterocycles. The normalized spacial score (nSPS) is 10.2. The molecule has 0 radical (unpaired) electrons. The van der Waals surface area contributed by atoms with Crippen LogP contribution in [-0.2, 0) is 11.3 Å². The number of rotatable bonds is 4. The minimum Gasteiger partial charge on any atom is -0.478 e. The van der Waals surface area contributed by atoms with Crippen molar-refractivity contribution >= 4 is 17.7 Å². The van der Waals surface area contributed by atoms with Crippen LogP contribution in [0.3, 0.4) is 0 Å². The van der Waals surface area contributed by atoms with E-state index in [4.69, 9.17) is 9.84 Å². The van der Waals surface area contributed by atoms with Gasteiger partial charge in [-0.05, 0) is 5.56 Å². The maximum atomic E-state index is 13.5. The number of amides is 1. The van der Waals surface area contributed by atoms with Gasteiger partial charge in [0, 0.05) is 6.07 Å². The molecule has 0 saturated heterocycles. The summed E-state index contributed by atoms with van der Waals surface area (Å²) in [6.07, 6.45) is -1.14. The molecule has 0 aromatic heterocycles. The van der Waals surface area contributed by atoms with Crippen LogP contribution in [0.25, 0.3) is 0 Å². The molecule has 0 aliphatic rings. The number of carbonyl (C=O) groups excluding carboxylic acids is 1. The molecule has 0 aliphatic carbocycles. The molecule has 2 aromatic carbocycles. The highest BCUT2D eigenvalue weighted by molar-refractivity contribution is 5.99. The summed E-state index contributed by atoms with van der Waals surface area (Å²) in [5, 5.41) is 10.7. The van der Waals surface area contributed by atoms with E-state index in [0.29, 0.717) is 11.6 Å². The average molecular weight is 325 g/mol. The Morgan fingerprint density at radius 1 is 1.09 bits per heavy atom. The van der Waals surface area contributed by atoms with E-state index in [9.17, 15) is 22.8 Å². The van der Waals surface area contributed by atoms with Crippen LogP contribution in [0.5, 0.6) is 0 Å². The van der Waals surface area contributed by atoms with E-state index < -0.39 is 40.8 Å². The quantitative estimate of drug-likeness (QED) is 0.843. The molecule has 0 fully saturated rings. The number of hydrogen-bond donors (Lipinski definition) is 2. The molecule has 0 atom stereocenters. The van der Waals surface area contributed by atoms with Crippen LogP contribution < -0.4 is 5.32 Å². The van der Waals surface area contributed by atoms with Crippen molar-refractivity contribution in [2.45, 2.75) is 6.61 Å². The van der Waals surface area contributed by atoms with E-state index in [1.54, 1.807) is 30.3 Å². The second-order valence-electron chi connectivity index (χ2n) is 4.40. The van der Waals surface area contributed by atoms with Crippen LogP contribution in [0.4, 0.5) is 23.7 Å². The number of benzene rings is 2. The fraction of sp³-hybridized carbons (Fsp3) is 0.0667. The van der Waals surface area contributed by atoms with Crippen molar-refractivity contribution in [1.82, 2.24) is 0 Å². The molecule has 2 rings (SSSR count). The molecule has 2 aromatic rings. The first kappa shape index (κ1) is 16.3. The van der Waals surface area contributed by atoms with Gasteiger partial charge < -0.3 is 9.84 Å². The smallest absolute Gasteiger partial charge is 0.411 e. The third-order valence-corrected chi connectivity index (χ3v) is 2.83. The zero-order valence-corrected chi connectivity index (χ0v) is 11.5. The Kier molecular flexibility index (Phi) is 4.85. The summed E-state index contributed by atoms with van der Waals surface area (Å²) < 4.78 is 44.5. The van der Waals surface area contributed by atoms with Crippen molar-refractivity contribution in [2.24, 2.45) is 0 Å². The number of nitrogens with one attached hydrogen (secondary N) is 1. The molecule has 0 spiro atoms. The van der Waals surface area contributed by atoms with E-state index in [0.717, 1.165) is 0 Å². The molecule has 1 amide bonds. The first-order chi connectivity index (χ1) is 10.9. The lowest BCUT2D eigenvalue weighted by Crippen LogP contribution is -2.18. The third kappa shape index (κ3) is 3.79. The number of carboxylic acid groups (broad SMARTS) is 1. The van der Waals surface area contributed by atoms with Gasteiger partial charge >= 0.3 is 12.1 Å². The van der Waals surface area contributed by atoms with Crippen molar-refractivity contribution in [3.63, 3.8) is 0 Å². The maximum Gasteiger partial charge on any atom is 0.411 e. The van der Waals surface area contributed by atoms with Gasteiger partial charge in [0.25, 0.3) is 0 Å². The summed E-state index contributed by atoms with van der Waals surface area (Å²) in [5.41, 5.74) is -1.29. The van der Waals surface area contributed by atoms with Crippen LogP contribution in [0.15, 0.2) is 36.4 Å². The van der Waals surface area contributed by atoms with Crippen LogP contribution >= 0.6 is 0 Å². The van der Waals surface area contributed by atoms with Crippen molar-refractivity contribution in [3.8, 4) is 0 Å². The first-order valence-corrected chi connectivity index (χ1v) is 6.28. The van der Waals surface area contributed by atoms with Gasteiger partial charge in [-0.1, -0.05) is 30.3 Å². The lowest BCUT2D eigenvalue weighted by Gasteiger charge is -2.11. The van der Waals surface area contributed by atoms with Gasteiger partial charge in [0.2, 0.25) is 0 Å². The number of halogens is 3. The highest BCUT2D eigenvalue weighted by Gasteiger charge is 2.25. The number of carboxylic acids is 1. The number of hydrogen-bond acceptors (Lipinski definition) is 3. The Morgan fingerprint density at radius 2 is 1.74 bits per heavy atom. The molecule has 2 N–H and O–H groups in total. The van der Waals surface area contributed by atoms with E-state index in [1.807, 2.05) is 5.32 Å². The molecule has 23 heavy (non-hydrogen) atoms. The Morgan fingerprint density at radius 3 is 2.35 bits per heavy atom. The van der Waals surface area contributed by atoms with E-state index >= 15 is 0 Å². The summed E-state index contributed by atoms with van der Waals surface area (Å²) >= 11 is 0. The SMILES string of the molecule is O=C(Nc1cc(F)c(F)c(F)c1C(=O)O)OCc1ccccc1. The monoisotopic (exact) mass is 325 g/mol. The number of anilines is 1. The Bertz CT molecular complexity index is 750. The highest BCUT2D eigenvalue weighted by Crippen LogP contribution is 2.24. The Hall–Kier alpha value is -3.03. The Labute approximate surface area is 128 Å². The minimum absolute atomic E-state index is 0.138. The summed E-state index contributed by atoms with van der Waals surface area (Å²) in [5.74, 6) is -7.34. The van der Waals surface area contributed by atoms with Gasteiger partial charge in [-0.25, -0.2) is 22.8 Å². The maximum absolute atomic E-state index is 13.5.